The molecule has 2 aromatic rings. The number of carbonyl (C=O) groups excluding carboxylic acids is 1. The fraction of sp³-hybridized carbons (Fsp3) is 0.200. The average Bonchev–Trinajstić information content (AvgIpc) is 2.66. The summed E-state index contributed by atoms with van der Waals surface area (Å²) in [4.78, 5) is 12.3. The summed E-state index contributed by atoms with van der Waals surface area (Å²) in [5.74, 6) is -0.215. The van der Waals surface area contributed by atoms with Gasteiger partial charge < -0.3 is 10.1 Å². The van der Waals surface area contributed by atoms with Crippen LogP contribution in [0.3, 0.4) is 0 Å². The van der Waals surface area contributed by atoms with E-state index < -0.39 is 17.6 Å². The Balaban J connectivity index is 2.20. The van der Waals surface area contributed by atoms with E-state index in [0.29, 0.717) is 17.9 Å². The van der Waals surface area contributed by atoms with Crippen LogP contribution in [0.15, 0.2) is 48.0 Å². The standard InChI is InChI=1S/C20H16ClF3N2O2/c1-2-9-28-16-6-3-13(4-7-16)10-14(12-25)19(27)26-18-11-15(20(22,23)24)5-8-17(18)21/h3-8,10-11H,2,9H2,1H3,(H,26,27)/b14-10+. The van der Waals surface area contributed by atoms with Gasteiger partial charge in [-0.05, 0) is 48.4 Å². The molecule has 0 atom stereocenters. The molecule has 4 nitrogen and oxygen atoms in total. The van der Waals surface area contributed by atoms with Crippen molar-refractivity contribution in [2.75, 3.05) is 11.9 Å². The second-order valence-electron chi connectivity index (χ2n) is 5.73. The van der Waals surface area contributed by atoms with Crippen molar-refractivity contribution in [2.24, 2.45) is 0 Å². The van der Waals surface area contributed by atoms with Gasteiger partial charge in [-0.25, -0.2) is 0 Å². The van der Waals surface area contributed by atoms with E-state index in [9.17, 15) is 23.2 Å². The lowest BCUT2D eigenvalue weighted by Crippen LogP contribution is -2.15. The molecule has 8 heteroatoms. The van der Waals surface area contributed by atoms with Crippen LogP contribution in [-0.2, 0) is 11.0 Å². The van der Waals surface area contributed by atoms with Gasteiger partial charge in [0.25, 0.3) is 5.91 Å². The number of benzene rings is 2. The molecule has 1 amide bonds. The highest BCUT2D eigenvalue weighted by molar-refractivity contribution is 6.34. The lowest BCUT2D eigenvalue weighted by Gasteiger charge is -2.11. The molecule has 0 unspecified atom stereocenters. The lowest BCUT2D eigenvalue weighted by molar-refractivity contribution is -0.137. The molecule has 0 aliphatic carbocycles. The summed E-state index contributed by atoms with van der Waals surface area (Å²) in [5, 5.41) is 11.4. The van der Waals surface area contributed by atoms with Crippen LogP contribution in [0.5, 0.6) is 5.75 Å². The van der Waals surface area contributed by atoms with E-state index in [4.69, 9.17) is 16.3 Å². The summed E-state index contributed by atoms with van der Waals surface area (Å²) in [5.41, 5.74) is -0.912. The smallest absolute Gasteiger partial charge is 0.416 e. The number of nitriles is 1. The minimum Gasteiger partial charge on any atom is -0.494 e. The van der Waals surface area contributed by atoms with E-state index >= 15 is 0 Å². The summed E-state index contributed by atoms with van der Waals surface area (Å²) < 4.78 is 43.9. The van der Waals surface area contributed by atoms with E-state index in [0.717, 1.165) is 24.6 Å². The van der Waals surface area contributed by atoms with Gasteiger partial charge >= 0.3 is 6.18 Å². The fourth-order valence-corrected chi connectivity index (χ4v) is 2.35. The molecule has 2 rings (SSSR count). The van der Waals surface area contributed by atoms with Gasteiger partial charge in [0.2, 0.25) is 0 Å². The van der Waals surface area contributed by atoms with Crippen LogP contribution in [-0.4, -0.2) is 12.5 Å². The van der Waals surface area contributed by atoms with Crippen LogP contribution >= 0.6 is 11.6 Å². The van der Waals surface area contributed by atoms with Gasteiger partial charge in [-0.3, -0.25) is 4.79 Å². The van der Waals surface area contributed by atoms with Crippen molar-refractivity contribution in [1.82, 2.24) is 0 Å². The number of nitrogens with one attached hydrogen (secondary N) is 1. The normalized spacial score (nSPS) is 11.6. The predicted octanol–water partition coefficient (Wildman–Crippen LogP) is 5.69. The molecule has 0 spiro atoms. The van der Waals surface area contributed by atoms with Gasteiger partial charge in [0.15, 0.2) is 0 Å². The fourth-order valence-electron chi connectivity index (χ4n) is 2.18. The summed E-state index contributed by atoms with van der Waals surface area (Å²) in [7, 11) is 0. The Labute approximate surface area is 165 Å². The van der Waals surface area contributed by atoms with Gasteiger partial charge in [0.1, 0.15) is 17.4 Å². The van der Waals surface area contributed by atoms with Crippen molar-refractivity contribution in [2.45, 2.75) is 19.5 Å². The zero-order chi connectivity index (χ0) is 20.7. The third-order valence-corrected chi connectivity index (χ3v) is 3.90. The van der Waals surface area contributed by atoms with Crippen LogP contribution in [0.1, 0.15) is 24.5 Å². The zero-order valence-corrected chi connectivity index (χ0v) is 15.6. The van der Waals surface area contributed by atoms with Crippen LogP contribution in [0.4, 0.5) is 18.9 Å². The molecule has 0 aromatic heterocycles. The van der Waals surface area contributed by atoms with Crippen molar-refractivity contribution >= 4 is 29.3 Å². The summed E-state index contributed by atoms with van der Waals surface area (Å²) in [6.07, 6.45) is -2.40. The van der Waals surface area contributed by atoms with Crippen molar-refractivity contribution in [1.29, 1.82) is 5.26 Å². The molecule has 0 heterocycles. The van der Waals surface area contributed by atoms with Crippen molar-refractivity contribution in [3.8, 4) is 11.8 Å². The Morgan fingerprint density at radius 2 is 1.93 bits per heavy atom. The second-order valence-corrected chi connectivity index (χ2v) is 6.14. The van der Waals surface area contributed by atoms with Crippen LogP contribution < -0.4 is 10.1 Å². The highest BCUT2D eigenvalue weighted by Crippen LogP contribution is 2.34. The SMILES string of the molecule is CCCOc1ccc(/C=C(\C#N)C(=O)Nc2cc(C(F)(F)F)ccc2Cl)cc1. The number of halogens is 4. The summed E-state index contributed by atoms with van der Waals surface area (Å²) >= 11 is 5.86. The Kier molecular flexibility index (Phi) is 7.07. The molecular weight excluding hydrogens is 393 g/mol. The first-order chi connectivity index (χ1) is 13.2. The number of hydrogen-bond donors (Lipinski definition) is 1. The van der Waals surface area contributed by atoms with Crippen molar-refractivity contribution in [3.63, 3.8) is 0 Å². The van der Waals surface area contributed by atoms with Crippen LogP contribution in [0.2, 0.25) is 5.02 Å². The van der Waals surface area contributed by atoms with Gasteiger partial charge in [-0.1, -0.05) is 30.7 Å². The quantitative estimate of drug-likeness (QED) is 0.493. The molecule has 0 aliphatic rings. The Morgan fingerprint density at radius 3 is 2.50 bits per heavy atom. The monoisotopic (exact) mass is 408 g/mol. The molecule has 0 aliphatic heterocycles. The third kappa shape index (κ3) is 5.76. The Hall–Kier alpha value is -2.98. The van der Waals surface area contributed by atoms with Gasteiger partial charge in [-0.15, -0.1) is 0 Å². The molecule has 0 fully saturated rings. The maximum Gasteiger partial charge on any atom is 0.416 e. The van der Waals surface area contributed by atoms with Crippen LogP contribution in [0.25, 0.3) is 6.08 Å². The van der Waals surface area contributed by atoms with E-state index in [1.807, 2.05) is 6.92 Å². The molecule has 1 N–H and O–H groups in total. The zero-order valence-electron chi connectivity index (χ0n) is 14.8. The van der Waals surface area contributed by atoms with Gasteiger partial charge in [0, 0.05) is 0 Å². The maximum absolute atomic E-state index is 12.8. The highest BCUT2D eigenvalue weighted by Gasteiger charge is 2.31. The van der Waals surface area contributed by atoms with E-state index in [1.54, 1.807) is 30.3 Å². The number of nitrogens with zero attached hydrogens (tertiary/aromatic N) is 1. The van der Waals surface area contributed by atoms with E-state index in [2.05, 4.69) is 5.32 Å². The van der Waals surface area contributed by atoms with Crippen molar-refractivity contribution < 1.29 is 22.7 Å². The number of anilines is 1. The first-order valence-corrected chi connectivity index (χ1v) is 8.65. The minimum atomic E-state index is -4.58. The number of rotatable bonds is 6. The Morgan fingerprint density at radius 1 is 1.25 bits per heavy atom. The predicted molar refractivity (Wildman–Crippen MR) is 101 cm³/mol. The number of ether oxygens (including phenoxy) is 1. The molecule has 146 valence electrons. The Bertz CT molecular complexity index is 917. The molecular formula is C20H16ClF3N2O2. The van der Waals surface area contributed by atoms with Gasteiger partial charge in [0.05, 0.1) is 22.9 Å². The highest BCUT2D eigenvalue weighted by atomic mass is 35.5. The number of carbonyl (C=O) groups is 1. The number of amides is 1. The molecule has 2 aromatic carbocycles. The number of alkyl halides is 3. The average molecular weight is 409 g/mol. The summed E-state index contributed by atoms with van der Waals surface area (Å²) in [6.45, 7) is 2.55. The summed E-state index contributed by atoms with van der Waals surface area (Å²) in [6, 6.07) is 11.0. The number of hydrogen-bond acceptors (Lipinski definition) is 3. The van der Waals surface area contributed by atoms with Crippen LogP contribution in [0, 0.1) is 11.3 Å². The first kappa shape index (κ1) is 21.3. The first-order valence-electron chi connectivity index (χ1n) is 8.27. The molecule has 28 heavy (non-hydrogen) atoms. The second kappa shape index (κ2) is 9.29. The maximum atomic E-state index is 12.8. The lowest BCUT2D eigenvalue weighted by atomic mass is 10.1. The molecule has 0 bridgehead atoms. The minimum absolute atomic E-state index is 0.0731. The third-order valence-electron chi connectivity index (χ3n) is 3.57. The van der Waals surface area contributed by atoms with E-state index in [1.165, 1.54) is 6.08 Å². The molecule has 0 saturated heterocycles. The van der Waals surface area contributed by atoms with Crippen molar-refractivity contribution in [3.05, 3.63) is 64.2 Å². The van der Waals surface area contributed by atoms with Gasteiger partial charge in [-0.2, -0.15) is 18.4 Å². The van der Waals surface area contributed by atoms with E-state index in [-0.39, 0.29) is 16.3 Å². The topological polar surface area (TPSA) is 62.1 Å². The largest absolute Gasteiger partial charge is 0.494 e. The molecule has 0 radical (unpaired) electrons. The molecule has 0 saturated carbocycles.